The van der Waals surface area contributed by atoms with Crippen LogP contribution in [0.3, 0.4) is 0 Å². The maximum Gasteiger partial charge on any atom is 0.309 e. The van der Waals surface area contributed by atoms with Gasteiger partial charge in [-0.3, -0.25) is 4.79 Å². The van der Waals surface area contributed by atoms with Gasteiger partial charge >= 0.3 is 5.97 Å². The predicted octanol–water partition coefficient (Wildman–Crippen LogP) is 5.96. The second-order valence-corrected chi connectivity index (χ2v) is 9.90. The van der Waals surface area contributed by atoms with E-state index in [1.165, 1.54) is 70.6 Å². The van der Waals surface area contributed by atoms with Gasteiger partial charge in [0, 0.05) is 0 Å². The fourth-order valence-corrected chi connectivity index (χ4v) is 8.16. The van der Waals surface area contributed by atoms with E-state index in [1.54, 1.807) is 0 Å². The Morgan fingerprint density at radius 3 is 2.44 bits per heavy atom. The quantitative estimate of drug-likeness (QED) is 0.597. The van der Waals surface area contributed by atoms with Crippen LogP contribution in [0.2, 0.25) is 0 Å². The van der Waals surface area contributed by atoms with E-state index in [4.69, 9.17) is 0 Å². The highest BCUT2D eigenvalue weighted by Gasteiger charge is 2.56. The van der Waals surface area contributed by atoms with Crippen LogP contribution in [0.25, 0.3) is 0 Å². The summed E-state index contributed by atoms with van der Waals surface area (Å²) in [5.74, 6) is 3.34. The van der Waals surface area contributed by atoms with Crippen LogP contribution in [0, 0.1) is 35.0 Å². The minimum Gasteiger partial charge on any atom is -0.481 e. The number of carboxylic acid groups (broad SMARTS) is 1. The summed E-state index contributed by atoms with van der Waals surface area (Å²) >= 11 is 0. The van der Waals surface area contributed by atoms with Gasteiger partial charge in [-0.05, 0) is 93.8 Å². The lowest BCUT2D eigenvalue weighted by molar-refractivity contribution is -0.163. The smallest absolute Gasteiger partial charge is 0.309 e. The zero-order valence-electron chi connectivity index (χ0n) is 15.6. The highest BCUT2D eigenvalue weighted by atomic mass is 16.4. The van der Waals surface area contributed by atoms with E-state index < -0.39 is 5.97 Å². The first kappa shape index (κ1) is 16.4. The summed E-state index contributed by atoms with van der Waals surface area (Å²) < 4.78 is 0. The molecular weight excluding hydrogens is 308 g/mol. The van der Waals surface area contributed by atoms with Crippen molar-refractivity contribution < 1.29 is 9.90 Å². The highest BCUT2D eigenvalue weighted by Crippen LogP contribution is 2.61. The Bertz CT molecular complexity index is 591. The number of hydrogen-bond donors (Lipinski definition) is 1. The third kappa shape index (κ3) is 2.38. The SMILES string of the molecule is O=C(O)C12CCCCC1C1CCC3=C(CCC4CCCCC34)C1CC2. The Kier molecular flexibility index (Phi) is 4.02. The number of fused-ring (bicyclic) bond motifs is 6. The molecule has 0 aromatic rings. The molecule has 0 bridgehead atoms. The molecule has 3 fully saturated rings. The number of aliphatic carboxylic acids is 1. The topological polar surface area (TPSA) is 37.3 Å². The second kappa shape index (κ2) is 6.13. The van der Waals surface area contributed by atoms with Crippen LogP contribution in [0.15, 0.2) is 11.1 Å². The molecule has 138 valence electrons. The molecule has 3 saturated carbocycles. The van der Waals surface area contributed by atoms with Crippen LogP contribution < -0.4 is 0 Å². The van der Waals surface area contributed by atoms with E-state index in [1.807, 2.05) is 11.1 Å². The Balaban J connectivity index is 1.47. The van der Waals surface area contributed by atoms with Crippen molar-refractivity contribution >= 4 is 5.97 Å². The van der Waals surface area contributed by atoms with Crippen molar-refractivity contribution in [2.45, 2.75) is 89.9 Å². The normalized spacial score (nSPS) is 46.5. The van der Waals surface area contributed by atoms with Crippen molar-refractivity contribution in [3.05, 3.63) is 11.1 Å². The molecule has 0 radical (unpaired) electrons. The summed E-state index contributed by atoms with van der Waals surface area (Å²) in [6.07, 6.45) is 17.9. The average molecular weight is 343 g/mol. The van der Waals surface area contributed by atoms with Crippen LogP contribution in [0.5, 0.6) is 0 Å². The Hall–Kier alpha value is -0.790. The zero-order valence-corrected chi connectivity index (χ0v) is 15.6. The van der Waals surface area contributed by atoms with E-state index in [0.717, 1.165) is 37.0 Å². The first-order chi connectivity index (χ1) is 12.2. The molecule has 0 aromatic carbocycles. The molecule has 5 aliphatic carbocycles. The van der Waals surface area contributed by atoms with E-state index in [2.05, 4.69) is 0 Å². The lowest BCUT2D eigenvalue weighted by atomic mass is 9.48. The molecule has 0 saturated heterocycles. The predicted molar refractivity (Wildman–Crippen MR) is 99.2 cm³/mol. The van der Waals surface area contributed by atoms with Gasteiger partial charge in [0.05, 0.1) is 5.41 Å². The molecule has 6 unspecified atom stereocenters. The lowest BCUT2D eigenvalue weighted by Gasteiger charge is -2.55. The average Bonchev–Trinajstić information content (AvgIpc) is 2.66. The maximum absolute atomic E-state index is 12.2. The van der Waals surface area contributed by atoms with E-state index >= 15 is 0 Å². The Labute approximate surface area is 152 Å². The molecule has 0 aromatic heterocycles. The van der Waals surface area contributed by atoms with Crippen LogP contribution in [0.4, 0.5) is 0 Å². The fraction of sp³-hybridized carbons (Fsp3) is 0.870. The minimum absolute atomic E-state index is 0.362. The van der Waals surface area contributed by atoms with Crippen molar-refractivity contribution in [1.82, 2.24) is 0 Å². The number of allylic oxidation sites excluding steroid dienone is 2. The molecule has 1 N–H and O–H groups in total. The van der Waals surface area contributed by atoms with Crippen molar-refractivity contribution in [2.24, 2.45) is 35.0 Å². The van der Waals surface area contributed by atoms with E-state index in [0.29, 0.717) is 11.8 Å². The van der Waals surface area contributed by atoms with Gasteiger partial charge in [-0.2, -0.15) is 0 Å². The second-order valence-electron chi connectivity index (χ2n) is 9.90. The highest BCUT2D eigenvalue weighted by molar-refractivity contribution is 5.75. The number of hydrogen-bond acceptors (Lipinski definition) is 1. The molecule has 0 spiro atoms. The number of rotatable bonds is 1. The zero-order chi connectivity index (χ0) is 17.0. The van der Waals surface area contributed by atoms with Crippen LogP contribution >= 0.6 is 0 Å². The van der Waals surface area contributed by atoms with Crippen LogP contribution in [0.1, 0.15) is 89.9 Å². The third-order valence-corrected chi connectivity index (χ3v) is 9.21. The standard InChI is InChI=1S/C23H34O2/c24-22(25)23-13-4-3-7-21(23)20-11-10-17-16-6-2-1-5-15(16)8-9-18(17)19(20)12-14-23/h15-16,19-21H,1-14H2,(H,24,25). The first-order valence-electron chi connectivity index (χ1n) is 11.2. The Morgan fingerprint density at radius 2 is 1.56 bits per heavy atom. The van der Waals surface area contributed by atoms with Gasteiger partial charge in [0.1, 0.15) is 0 Å². The van der Waals surface area contributed by atoms with Crippen LogP contribution in [-0.4, -0.2) is 11.1 Å². The summed E-state index contributed by atoms with van der Waals surface area (Å²) in [6, 6.07) is 0. The number of carbonyl (C=O) groups is 1. The molecule has 25 heavy (non-hydrogen) atoms. The van der Waals surface area contributed by atoms with Gasteiger partial charge in [0.25, 0.3) is 0 Å². The number of carboxylic acids is 1. The molecule has 0 amide bonds. The summed E-state index contributed by atoms with van der Waals surface area (Å²) in [4.78, 5) is 12.2. The third-order valence-electron chi connectivity index (χ3n) is 9.21. The Morgan fingerprint density at radius 1 is 0.800 bits per heavy atom. The molecule has 6 atom stereocenters. The van der Waals surface area contributed by atoms with Gasteiger partial charge < -0.3 is 5.11 Å². The van der Waals surface area contributed by atoms with Crippen molar-refractivity contribution in [3.8, 4) is 0 Å². The molecule has 2 heteroatoms. The minimum atomic E-state index is -0.466. The van der Waals surface area contributed by atoms with Crippen LogP contribution in [-0.2, 0) is 4.79 Å². The van der Waals surface area contributed by atoms with Gasteiger partial charge in [0.15, 0.2) is 0 Å². The summed E-state index contributed by atoms with van der Waals surface area (Å²) in [6.45, 7) is 0. The van der Waals surface area contributed by atoms with Gasteiger partial charge in [-0.1, -0.05) is 36.8 Å². The molecular formula is C23H34O2. The fourth-order valence-electron chi connectivity index (χ4n) is 8.16. The maximum atomic E-state index is 12.2. The molecule has 5 rings (SSSR count). The molecule has 2 nitrogen and oxygen atoms in total. The summed E-state index contributed by atoms with van der Waals surface area (Å²) in [5.41, 5.74) is 3.37. The van der Waals surface area contributed by atoms with Crippen molar-refractivity contribution in [1.29, 1.82) is 0 Å². The molecule has 0 heterocycles. The van der Waals surface area contributed by atoms with Crippen molar-refractivity contribution in [3.63, 3.8) is 0 Å². The van der Waals surface area contributed by atoms with Crippen molar-refractivity contribution in [2.75, 3.05) is 0 Å². The van der Waals surface area contributed by atoms with E-state index in [-0.39, 0.29) is 5.41 Å². The lowest BCUT2D eigenvalue weighted by Crippen LogP contribution is -2.51. The van der Waals surface area contributed by atoms with Gasteiger partial charge in [-0.15, -0.1) is 0 Å². The van der Waals surface area contributed by atoms with Gasteiger partial charge in [0.2, 0.25) is 0 Å². The first-order valence-corrected chi connectivity index (χ1v) is 11.2. The van der Waals surface area contributed by atoms with Gasteiger partial charge in [-0.25, -0.2) is 0 Å². The molecule has 0 aliphatic heterocycles. The summed E-state index contributed by atoms with van der Waals surface area (Å²) in [7, 11) is 0. The van der Waals surface area contributed by atoms with E-state index in [9.17, 15) is 9.90 Å². The largest absolute Gasteiger partial charge is 0.481 e. The monoisotopic (exact) mass is 342 g/mol. The summed E-state index contributed by atoms with van der Waals surface area (Å²) in [5, 5.41) is 10.1. The molecule has 5 aliphatic rings.